The van der Waals surface area contributed by atoms with E-state index in [1.54, 1.807) is 25.3 Å². The van der Waals surface area contributed by atoms with Crippen molar-refractivity contribution in [1.82, 2.24) is 9.97 Å². The van der Waals surface area contributed by atoms with E-state index in [4.69, 9.17) is 9.47 Å². The number of nitrogens with zero attached hydrogens (tertiary/aromatic N) is 2. The number of ether oxygens (including phenoxy) is 2. The molecule has 1 atom stereocenters. The quantitative estimate of drug-likeness (QED) is 0.430. The molecule has 2 aromatic carbocycles. The van der Waals surface area contributed by atoms with Gasteiger partial charge in [-0.05, 0) is 24.1 Å². The maximum Gasteiger partial charge on any atom is 0.337 e. The standard InChI is InChI=1S/C24H28N4O4/c1-15(2)20(14-29)27-24-26-18(16-8-6-5-7-9-16)13-22(28-24)25-19-12-17(23(30)32-4)10-11-21(19)31-3/h5-13,15,20,29H,14H2,1-4H3,(H2,25,26,27,28)/t20-/m1/s1. The number of rotatable bonds is 9. The smallest absolute Gasteiger partial charge is 0.337 e. The Labute approximate surface area is 187 Å². The molecule has 0 aliphatic rings. The molecule has 0 radical (unpaired) electrons. The molecule has 1 heterocycles. The van der Waals surface area contributed by atoms with Gasteiger partial charge in [-0.3, -0.25) is 0 Å². The number of carbonyl (C=O) groups is 1. The lowest BCUT2D eigenvalue weighted by molar-refractivity contribution is 0.0600. The van der Waals surface area contributed by atoms with Gasteiger partial charge in [-0.1, -0.05) is 44.2 Å². The van der Waals surface area contributed by atoms with Crippen LogP contribution in [0.3, 0.4) is 0 Å². The SMILES string of the molecule is COC(=O)c1ccc(OC)c(Nc2cc(-c3ccccc3)nc(N[C@H](CO)C(C)C)n2)c1. The Morgan fingerprint density at radius 2 is 1.81 bits per heavy atom. The molecule has 32 heavy (non-hydrogen) atoms. The minimum atomic E-state index is -0.451. The first kappa shape index (κ1) is 23.0. The number of esters is 1. The van der Waals surface area contributed by atoms with E-state index >= 15 is 0 Å². The maximum absolute atomic E-state index is 12.0. The van der Waals surface area contributed by atoms with Gasteiger partial charge < -0.3 is 25.2 Å². The Morgan fingerprint density at radius 3 is 2.44 bits per heavy atom. The van der Waals surface area contributed by atoms with Crippen molar-refractivity contribution in [3.05, 3.63) is 60.2 Å². The van der Waals surface area contributed by atoms with Crippen LogP contribution in [-0.2, 0) is 4.74 Å². The van der Waals surface area contributed by atoms with Crippen LogP contribution >= 0.6 is 0 Å². The second-order valence-corrected chi connectivity index (χ2v) is 7.54. The lowest BCUT2D eigenvalue weighted by Gasteiger charge is -2.21. The highest BCUT2D eigenvalue weighted by atomic mass is 16.5. The summed E-state index contributed by atoms with van der Waals surface area (Å²) in [5.74, 6) is 1.15. The Balaban J connectivity index is 2.03. The van der Waals surface area contributed by atoms with Crippen molar-refractivity contribution >= 4 is 23.4 Å². The summed E-state index contributed by atoms with van der Waals surface area (Å²) in [6.07, 6.45) is 0. The molecule has 168 valence electrons. The zero-order valence-electron chi connectivity index (χ0n) is 18.6. The summed E-state index contributed by atoms with van der Waals surface area (Å²) in [6, 6.07) is 16.3. The van der Waals surface area contributed by atoms with Gasteiger partial charge in [0.1, 0.15) is 11.6 Å². The van der Waals surface area contributed by atoms with Crippen molar-refractivity contribution in [3.63, 3.8) is 0 Å². The van der Waals surface area contributed by atoms with E-state index in [-0.39, 0.29) is 18.6 Å². The molecule has 0 spiro atoms. The Kier molecular flexibility index (Phi) is 7.62. The molecule has 0 bridgehead atoms. The molecule has 0 saturated heterocycles. The van der Waals surface area contributed by atoms with Crippen LogP contribution in [0, 0.1) is 5.92 Å². The van der Waals surface area contributed by atoms with Crippen LogP contribution in [0.1, 0.15) is 24.2 Å². The highest BCUT2D eigenvalue weighted by Gasteiger charge is 2.16. The van der Waals surface area contributed by atoms with E-state index in [2.05, 4.69) is 20.6 Å². The van der Waals surface area contributed by atoms with Crippen molar-refractivity contribution in [3.8, 4) is 17.0 Å². The van der Waals surface area contributed by atoms with Gasteiger partial charge in [0.25, 0.3) is 0 Å². The summed E-state index contributed by atoms with van der Waals surface area (Å²) >= 11 is 0. The van der Waals surface area contributed by atoms with Crippen molar-refractivity contribution < 1.29 is 19.4 Å². The molecule has 3 rings (SSSR count). The van der Waals surface area contributed by atoms with Gasteiger partial charge in [0.15, 0.2) is 0 Å². The predicted octanol–water partition coefficient (Wildman–Crippen LogP) is 4.11. The maximum atomic E-state index is 12.0. The molecule has 0 aliphatic heterocycles. The van der Waals surface area contributed by atoms with Crippen LogP contribution in [0.5, 0.6) is 5.75 Å². The molecule has 8 heteroatoms. The van der Waals surface area contributed by atoms with E-state index in [9.17, 15) is 9.90 Å². The molecule has 0 unspecified atom stereocenters. The van der Waals surface area contributed by atoms with Gasteiger partial charge in [0, 0.05) is 11.6 Å². The van der Waals surface area contributed by atoms with Crippen LogP contribution in [0.15, 0.2) is 54.6 Å². The third-order valence-corrected chi connectivity index (χ3v) is 4.99. The minimum absolute atomic E-state index is 0.0473. The molecule has 0 fully saturated rings. The van der Waals surface area contributed by atoms with E-state index in [0.29, 0.717) is 34.5 Å². The van der Waals surface area contributed by atoms with Gasteiger partial charge in [0.2, 0.25) is 5.95 Å². The average molecular weight is 437 g/mol. The zero-order valence-corrected chi connectivity index (χ0v) is 18.6. The fraction of sp³-hybridized carbons (Fsp3) is 0.292. The topological polar surface area (TPSA) is 106 Å². The molecule has 8 nitrogen and oxygen atoms in total. The summed E-state index contributed by atoms with van der Waals surface area (Å²) in [7, 11) is 2.88. The van der Waals surface area contributed by atoms with Crippen LogP contribution in [0.4, 0.5) is 17.5 Å². The van der Waals surface area contributed by atoms with Gasteiger partial charge in [-0.25, -0.2) is 9.78 Å². The Morgan fingerprint density at radius 1 is 1.06 bits per heavy atom. The Hall–Kier alpha value is -3.65. The largest absolute Gasteiger partial charge is 0.495 e. The normalized spacial score (nSPS) is 11.7. The fourth-order valence-corrected chi connectivity index (χ4v) is 3.11. The summed E-state index contributed by atoms with van der Waals surface area (Å²) in [4.78, 5) is 21.2. The van der Waals surface area contributed by atoms with Gasteiger partial charge >= 0.3 is 5.97 Å². The molecular weight excluding hydrogens is 408 g/mol. The van der Waals surface area contributed by atoms with E-state index < -0.39 is 5.97 Å². The highest BCUT2D eigenvalue weighted by Crippen LogP contribution is 2.30. The molecular formula is C24H28N4O4. The number of methoxy groups -OCH3 is 2. The van der Waals surface area contributed by atoms with Crippen molar-refractivity contribution in [2.75, 3.05) is 31.5 Å². The summed E-state index contributed by atoms with van der Waals surface area (Å²) in [5, 5.41) is 16.2. The predicted molar refractivity (Wildman–Crippen MR) is 124 cm³/mol. The first-order valence-corrected chi connectivity index (χ1v) is 10.3. The first-order chi connectivity index (χ1) is 15.4. The van der Waals surface area contributed by atoms with Crippen LogP contribution in [0.2, 0.25) is 0 Å². The minimum Gasteiger partial charge on any atom is -0.495 e. The van der Waals surface area contributed by atoms with Crippen molar-refractivity contribution in [2.45, 2.75) is 19.9 Å². The number of aromatic nitrogens is 2. The third-order valence-electron chi connectivity index (χ3n) is 4.99. The summed E-state index contributed by atoms with van der Waals surface area (Å²) < 4.78 is 10.3. The van der Waals surface area contributed by atoms with Crippen molar-refractivity contribution in [2.24, 2.45) is 5.92 Å². The van der Waals surface area contributed by atoms with Gasteiger partial charge in [-0.15, -0.1) is 0 Å². The molecule has 3 N–H and O–H groups in total. The number of carbonyl (C=O) groups excluding carboxylic acids is 1. The number of aliphatic hydroxyl groups is 1. The Bertz CT molecular complexity index is 1060. The fourth-order valence-electron chi connectivity index (χ4n) is 3.11. The lowest BCUT2D eigenvalue weighted by Crippen LogP contribution is -2.30. The van der Waals surface area contributed by atoms with E-state index in [1.807, 2.05) is 50.2 Å². The number of nitrogens with one attached hydrogen (secondary N) is 2. The first-order valence-electron chi connectivity index (χ1n) is 10.3. The van der Waals surface area contributed by atoms with Gasteiger partial charge in [0.05, 0.1) is 43.8 Å². The van der Waals surface area contributed by atoms with Crippen LogP contribution in [-0.4, -0.2) is 47.9 Å². The second-order valence-electron chi connectivity index (χ2n) is 7.54. The average Bonchev–Trinajstić information content (AvgIpc) is 2.82. The van der Waals surface area contributed by atoms with Crippen LogP contribution < -0.4 is 15.4 Å². The van der Waals surface area contributed by atoms with E-state index in [0.717, 1.165) is 5.56 Å². The van der Waals surface area contributed by atoms with Crippen LogP contribution in [0.25, 0.3) is 11.3 Å². The third kappa shape index (κ3) is 5.53. The van der Waals surface area contributed by atoms with Crippen molar-refractivity contribution in [1.29, 1.82) is 0 Å². The number of hydrogen-bond acceptors (Lipinski definition) is 8. The number of anilines is 3. The second kappa shape index (κ2) is 10.6. The zero-order chi connectivity index (χ0) is 23.1. The number of aliphatic hydroxyl groups excluding tert-OH is 1. The summed E-state index contributed by atoms with van der Waals surface area (Å²) in [6.45, 7) is 3.98. The summed E-state index contributed by atoms with van der Waals surface area (Å²) in [5.41, 5.74) is 2.56. The molecule has 0 amide bonds. The van der Waals surface area contributed by atoms with E-state index in [1.165, 1.54) is 7.11 Å². The number of benzene rings is 2. The molecule has 3 aromatic rings. The van der Waals surface area contributed by atoms with Gasteiger partial charge in [-0.2, -0.15) is 4.98 Å². The monoisotopic (exact) mass is 436 g/mol. The molecule has 1 aromatic heterocycles. The number of hydrogen-bond donors (Lipinski definition) is 3. The molecule has 0 saturated carbocycles. The molecule has 0 aliphatic carbocycles. The highest BCUT2D eigenvalue weighted by molar-refractivity contribution is 5.91. The lowest BCUT2D eigenvalue weighted by atomic mass is 10.1.